The first-order chi connectivity index (χ1) is 7.18. The molecule has 1 aromatic heterocycles. The predicted octanol–water partition coefficient (Wildman–Crippen LogP) is 1.88. The molecular weight excluding hydrogens is 194 g/mol. The van der Waals surface area contributed by atoms with E-state index in [1.165, 1.54) is 18.2 Å². The van der Waals surface area contributed by atoms with Gasteiger partial charge in [0.25, 0.3) is 0 Å². The number of phenolic OH excluding ortho intramolecular Hbond substituents is 1. The Bertz CT molecular complexity index is 489. The second kappa shape index (κ2) is 3.49. The van der Waals surface area contributed by atoms with E-state index in [1.807, 2.05) is 0 Å². The number of aromatic carboxylic acids is 1. The largest absolute Gasteiger partial charge is 0.506 e. The topological polar surface area (TPSA) is 62.5 Å². The minimum atomic E-state index is -1.01. The van der Waals surface area contributed by atoms with Crippen molar-refractivity contribution in [1.82, 2.24) is 4.57 Å². The quantitative estimate of drug-likeness (QED) is 0.783. The van der Waals surface area contributed by atoms with E-state index in [0.29, 0.717) is 5.69 Å². The maximum atomic E-state index is 10.7. The lowest BCUT2D eigenvalue weighted by Gasteiger charge is -2.06. The van der Waals surface area contributed by atoms with Crippen molar-refractivity contribution >= 4 is 5.97 Å². The third kappa shape index (κ3) is 1.69. The summed E-state index contributed by atoms with van der Waals surface area (Å²) < 4.78 is 1.65. The van der Waals surface area contributed by atoms with Crippen LogP contribution in [0.1, 0.15) is 10.4 Å². The second-order valence-corrected chi connectivity index (χ2v) is 3.10. The molecule has 0 fully saturated rings. The molecule has 0 amide bonds. The average molecular weight is 203 g/mol. The van der Waals surface area contributed by atoms with E-state index in [0.717, 1.165) is 0 Å². The minimum Gasteiger partial charge on any atom is -0.506 e. The molecule has 0 aliphatic rings. The molecule has 4 heteroatoms. The summed E-state index contributed by atoms with van der Waals surface area (Å²) in [5, 5.41) is 18.4. The van der Waals surface area contributed by atoms with Crippen molar-refractivity contribution in [2.75, 3.05) is 0 Å². The molecule has 0 unspecified atom stereocenters. The number of phenols is 1. The van der Waals surface area contributed by atoms with Gasteiger partial charge in [-0.05, 0) is 30.3 Å². The van der Waals surface area contributed by atoms with Crippen LogP contribution in [-0.2, 0) is 0 Å². The molecule has 15 heavy (non-hydrogen) atoms. The molecule has 2 rings (SSSR count). The molecule has 76 valence electrons. The fourth-order valence-electron chi connectivity index (χ4n) is 1.36. The number of carbonyl (C=O) groups is 1. The Balaban J connectivity index is 2.55. The fourth-order valence-corrected chi connectivity index (χ4v) is 1.36. The van der Waals surface area contributed by atoms with Crippen molar-refractivity contribution in [1.29, 1.82) is 0 Å². The molecule has 0 aliphatic heterocycles. The number of rotatable bonds is 2. The number of carboxylic acid groups (broad SMARTS) is 1. The van der Waals surface area contributed by atoms with Gasteiger partial charge >= 0.3 is 5.97 Å². The Hall–Kier alpha value is -2.23. The number of carboxylic acids is 1. The summed E-state index contributed by atoms with van der Waals surface area (Å²) in [4.78, 5) is 10.7. The first kappa shape index (κ1) is 9.33. The normalized spacial score (nSPS) is 10.1. The number of hydrogen-bond acceptors (Lipinski definition) is 2. The van der Waals surface area contributed by atoms with Crippen molar-refractivity contribution in [3.63, 3.8) is 0 Å². The van der Waals surface area contributed by atoms with Crippen LogP contribution in [0.15, 0.2) is 42.7 Å². The van der Waals surface area contributed by atoms with Crippen molar-refractivity contribution < 1.29 is 15.0 Å². The van der Waals surface area contributed by atoms with Crippen LogP contribution in [0.4, 0.5) is 0 Å². The standard InChI is InChI=1S/C11H9NO3/c13-10-4-3-8(11(14)15)7-9(10)12-5-1-2-6-12/h1-7,13H,(H,14,15). The number of hydrogen-bond donors (Lipinski definition) is 2. The molecule has 0 atom stereocenters. The Morgan fingerprint density at radius 2 is 1.87 bits per heavy atom. The summed E-state index contributed by atoms with van der Waals surface area (Å²) in [5.74, 6) is -0.959. The Kier molecular flexibility index (Phi) is 2.17. The molecule has 0 spiro atoms. The van der Waals surface area contributed by atoms with Gasteiger partial charge in [-0.25, -0.2) is 4.79 Å². The monoisotopic (exact) mass is 203 g/mol. The third-order valence-electron chi connectivity index (χ3n) is 2.10. The predicted molar refractivity (Wildman–Crippen MR) is 54.4 cm³/mol. The zero-order valence-corrected chi connectivity index (χ0v) is 7.79. The highest BCUT2D eigenvalue weighted by molar-refractivity contribution is 5.88. The molecule has 1 heterocycles. The van der Waals surface area contributed by atoms with Crippen LogP contribution in [0.3, 0.4) is 0 Å². The minimum absolute atomic E-state index is 0.0520. The lowest BCUT2D eigenvalue weighted by molar-refractivity contribution is 0.0697. The molecule has 0 aliphatic carbocycles. The Morgan fingerprint density at radius 3 is 2.47 bits per heavy atom. The van der Waals surface area contributed by atoms with Crippen LogP contribution in [0.25, 0.3) is 5.69 Å². The van der Waals surface area contributed by atoms with Crippen LogP contribution in [0, 0.1) is 0 Å². The molecule has 0 bridgehead atoms. The van der Waals surface area contributed by atoms with Gasteiger partial charge in [-0.2, -0.15) is 0 Å². The zero-order valence-electron chi connectivity index (χ0n) is 7.79. The third-order valence-corrected chi connectivity index (χ3v) is 2.10. The van der Waals surface area contributed by atoms with Gasteiger partial charge in [-0.3, -0.25) is 0 Å². The summed E-state index contributed by atoms with van der Waals surface area (Å²) >= 11 is 0. The van der Waals surface area contributed by atoms with Gasteiger partial charge in [0.1, 0.15) is 5.75 Å². The van der Waals surface area contributed by atoms with E-state index < -0.39 is 5.97 Å². The van der Waals surface area contributed by atoms with Gasteiger partial charge in [0.2, 0.25) is 0 Å². The van der Waals surface area contributed by atoms with E-state index >= 15 is 0 Å². The molecule has 1 aromatic carbocycles. The van der Waals surface area contributed by atoms with Crippen LogP contribution in [-0.4, -0.2) is 20.7 Å². The summed E-state index contributed by atoms with van der Waals surface area (Å²) in [6, 6.07) is 7.76. The molecule has 0 saturated carbocycles. The maximum absolute atomic E-state index is 10.7. The van der Waals surface area contributed by atoms with E-state index in [9.17, 15) is 9.90 Å². The molecule has 2 N–H and O–H groups in total. The number of nitrogens with zero attached hydrogens (tertiary/aromatic N) is 1. The SMILES string of the molecule is O=C(O)c1ccc(O)c(-n2cccc2)c1. The first-order valence-electron chi connectivity index (χ1n) is 4.38. The van der Waals surface area contributed by atoms with Gasteiger partial charge in [0.05, 0.1) is 11.3 Å². The highest BCUT2D eigenvalue weighted by atomic mass is 16.4. The highest BCUT2D eigenvalue weighted by Crippen LogP contribution is 2.22. The van der Waals surface area contributed by atoms with Gasteiger partial charge in [-0.15, -0.1) is 0 Å². The van der Waals surface area contributed by atoms with Gasteiger partial charge in [0.15, 0.2) is 0 Å². The maximum Gasteiger partial charge on any atom is 0.335 e. The van der Waals surface area contributed by atoms with E-state index in [-0.39, 0.29) is 11.3 Å². The molecular formula is C11H9NO3. The summed E-state index contributed by atoms with van der Waals surface area (Å²) in [7, 11) is 0. The van der Waals surface area contributed by atoms with E-state index in [1.54, 1.807) is 29.1 Å². The van der Waals surface area contributed by atoms with E-state index in [2.05, 4.69) is 0 Å². The van der Waals surface area contributed by atoms with Crippen LogP contribution >= 0.6 is 0 Å². The highest BCUT2D eigenvalue weighted by Gasteiger charge is 2.08. The van der Waals surface area contributed by atoms with Crippen molar-refractivity contribution in [2.45, 2.75) is 0 Å². The van der Waals surface area contributed by atoms with Crippen molar-refractivity contribution in [3.8, 4) is 11.4 Å². The molecule has 4 nitrogen and oxygen atoms in total. The van der Waals surface area contributed by atoms with Crippen molar-refractivity contribution in [2.24, 2.45) is 0 Å². The van der Waals surface area contributed by atoms with Gasteiger partial charge in [0, 0.05) is 12.4 Å². The molecule has 0 saturated heterocycles. The van der Waals surface area contributed by atoms with Gasteiger partial charge < -0.3 is 14.8 Å². The second-order valence-electron chi connectivity index (χ2n) is 3.10. The van der Waals surface area contributed by atoms with E-state index in [4.69, 9.17) is 5.11 Å². The summed E-state index contributed by atoms with van der Waals surface area (Å²) in [6.07, 6.45) is 3.47. The number of aromatic nitrogens is 1. The smallest absolute Gasteiger partial charge is 0.335 e. The summed E-state index contributed by atoms with van der Waals surface area (Å²) in [5.41, 5.74) is 0.608. The fraction of sp³-hybridized carbons (Fsp3) is 0. The van der Waals surface area contributed by atoms with Crippen LogP contribution < -0.4 is 0 Å². The first-order valence-corrected chi connectivity index (χ1v) is 4.38. The lowest BCUT2D eigenvalue weighted by atomic mass is 10.2. The zero-order chi connectivity index (χ0) is 10.8. The number of benzene rings is 1. The average Bonchev–Trinajstić information content (AvgIpc) is 2.71. The lowest BCUT2D eigenvalue weighted by Crippen LogP contribution is -1.98. The summed E-state index contributed by atoms with van der Waals surface area (Å²) in [6.45, 7) is 0. The molecule has 2 aromatic rings. The van der Waals surface area contributed by atoms with Crippen LogP contribution in [0.5, 0.6) is 5.75 Å². The van der Waals surface area contributed by atoms with Crippen LogP contribution in [0.2, 0.25) is 0 Å². The Labute approximate surface area is 86.0 Å². The van der Waals surface area contributed by atoms with Crippen molar-refractivity contribution in [3.05, 3.63) is 48.3 Å². The van der Waals surface area contributed by atoms with Gasteiger partial charge in [-0.1, -0.05) is 0 Å². The Morgan fingerprint density at radius 1 is 1.20 bits per heavy atom. The molecule has 0 radical (unpaired) electrons. The number of aromatic hydroxyl groups is 1.